The molecule has 8 heteroatoms. The second-order valence-corrected chi connectivity index (χ2v) is 11.6. The maximum Gasteiger partial charge on any atom is 0.163 e. The van der Waals surface area contributed by atoms with Crippen molar-refractivity contribution in [1.29, 1.82) is 0 Å². The number of nitrogens with one attached hydrogen (secondary N) is 1. The van der Waals surface area contributed by atoms with Gasteiger partial charge in [-0.05, 0) is 76.8 Å². The number of methoxy groups -OCH3 is 1. The van der Waals surface area contributed by atoms with Gasteiger partial charge in [-0.1, -0.05) is 6.07 Å². The van der Waals surface area contributed by atoms with Gasteiger partial charge in [-0.15, -0.1) is 0 Å². The van der Waals surface area contributed by atoms with Gasteiger partial charge in [0.15, 0.2) is 5.65 Å². The van der Waals surface area contributed by atoms with Crippen molar-refractivity contribution in [2.24, 2.45) is 0 Å². The van der Waals surface area contributed by atoms with Crippen LogP contribution in [0.4, 0.5) is 0 Å². The lowest BCUT2D eigenvalue weighted by atomic mass is 9.86. The molecule has 0 aliphatic carbocycles. The molecule has 0 spiro atoms. The summed E-state index contributed by atoms with van der Waals surface area (Å²) < 4.78 is 15.8. The molecule has 5 heterocycles. The number of hydrogen-bond acceptors (Lipinski definition) is 6. The van der Waals surface area contributed by atoms with Crippen LogP contribution < -0.4 is 10.1 Å². The number of aromatic nitrogens is 5. The fourth-order valence-corrected chi connectivity index (χ4v) is 5.96. The van der Waals surface area contributed by atoms with Crippen LogP contribution in [0.2, 0.25) is 0 Å². The number of ether oxygens (including phenoxy) is 2. The Balaban J connectivity index is 1.30. The molecule has 2 aliphatic rings. The SMILES string of the molecule is COc1cc(-c2cnn(C3CCCCO3)c2)ccc1-c1cnc2c(ccn2C2=CC(C)(C)NC(C)(C)C2)n1. The van der Waals surface area contributed by atoms with E-state index in [-0.39, 0.29) is 17.3 Å². The van der Waals surface area contributed by atoms with E-state index in [4.69, 9.17) is 19.4 Å². The Morgan fingerprint density at radius 1 is 1.08 bits per heavy atom. The van der Waals surface area contributed by atoms with Gasteiger partial charge in [-0.2, -0.15) is 5.10 Å². The highest BCUT2D eigenvalue weighted by atomic mass is 16.5. The molecule has 38 heavy (non-hydrogen) atoms. The van der Waals surface area contributed by atoms with E-state index in [0.29, 0.717) is 0 Å². The van der Waals surface area contributed by atoms with E-state index in [0.717, 1.165) is 65.2 Å². The smallest absolute Gasteiger partial charge is 0.163 e. The number of nitrogens with zero attached hydrogens (tertiary/aromatic N) is 5. The lowest BCUT2D eigenvalue weighted by molar-refractivity contribution is -0.0394. The predicted molar refractivity (Wildman–Crippen MR) is 150 cm³/mol. The van der Waals surface area contributed by atoms with E-state index in [1.165, 1.54) is 12.1 Å². The third-order valence-electron chi connectivity index (χ3n) is 7.37. The Kier molecular flexibility index (Phi) is 6.12. The lowest BCUT2D eigenvalue weighted by Gasteiger charge is -2.41. The monoisotopic (exact) mass is 512 g/mol. The van der Waals surface area contributed by atoms with Crippen LogP contribution in [0.5, 0.6) is 5.75 Å². The van der Waals surface area contributed by atoms with Crippen LogP contribution in [-0.2, 0) is 4.74 Å². The second-order valence-electron chi connectivity index (χ2n) is 11.6. The Hall–Kier alpha value is -3.49. The van der Waals surface area contributed by atoms with Crippen LogP contribution in [0.1, 0.15) is 59.6 Å². The van der Waals surface area contributed by atoms with Gasteiger partial charge in [-0.25, -0.2) is 14.6 Å². The zero-order chi connectivity index (χ0) is 26.5. The third kappa shape index (κ3) is 4.74. The van der Waals surface area contributed by atoms with Gasteiger partial charge in [0, 0.05) is 53.3 Å². The second kappa shape index (κ2) is 9.36. The molecule has 3 aromatic heterocycles. The van der Waals surface area contributed by atoms with Crippen molar-refractivity contribution in [2.45, 2.75) is 70.7 Å². The summed E-state index contributed by atoms with van der Waals surface area (Å²) >= 11 is 0. The average molecular weight is 513 g/mol. The molecule has 1 fully saturated rings. The number of fused-ring (bicyclic) bond motifs is 1. The summed E-state index contributed by atoms with van der Waals surface area (Å²) in [5.74, 6) is 0.752. The summed E-state index contributed by atoms with van der Waals surface area (Å²) in [5, 5.41) is 8.26. The molecule has 198 valence electrons. The first-order valence-electron chi connectivity index (χ1n) is 13.4. The van der Waals surface area contributed by atoms with Crippen LogP contribution >= 0.6 is 0 Å². The Morgan fingerprint density at radius 2 is 1.95 bits per heavy atom. The van der Waals surface area contributed by atoms with Gasteiger partial charge in [0.25, 0.3) is 0 Å². The lowest BCUT2D eigenvalue weighted by Crippen LogP contribution is -2.54. The molecule has 0 amide bonds. The fraction of sp³-hybridized carbons (Fsp3) is 0.433. The summed E-state index contributed by atoms with van der Waals surface area (Å²) in [5.41, 5.74) is 6.60. The first kappa shape index (κ1) is 24.8. The number of rotatable bonds is 5. The minimum absolute atomic E-state index is 0.00736. The summed E-state index contributed by atoms with van der Waals surface area (Å²) in [4.78, 5) is 9.83. The van der Waals surface area contributed by atoms with Crippen molar-refractivity contribution < 1.29 is 9.47 Å². The molecule has 8 nitrogen and oxygen atoms in total. The molecule has 1 unspecified atom stereocenters. The van der Waals surface area contributed by atoms with Crippen molar-refractivity contribution >= 4 is 16.9 Å². The summed E-state index contributed by atoms with van der Waals surface area (Å²) in [6.45, 7) is 9.67. The molecular formula is C30H36N6O2. The zero-order valence-electron chi connectivity index (χ0n) is 22.9. The first-order valence-corrected chi connectivity index (χ1v) is 13.4. The number of hydrogen-bond donors (Lipinski definition) is 1. The molecule has 0 saturated carbocycles. The average Bonchev–Trinajstić information content (AvgIpc) is 3.54. The largest absolute Gasteiger partial charge is 0.496 e. The van der Waals surface area contributed by atoms with Gasteiger partial charge < -0.3 is 19.4 Å². The van der Waals surface area contributed by atoms with E-state index >= 15 is 0 Å². The molecule has 1 N–H and O–H groups in total. The number of benzene rings is 1. The highest BCUT2D eigenvalue weighted by molar-refractivity contribution is 5.81. The van der Waals surface area contributed by atoms with Crippen LogP contribution in [0.3, 0.4) is 0 Å². The highest BCUT2D eigenvalue weighted by Gasteiger charge is 2.33. The van der Waals surface area contributed by atoms with Crippen LogP contribution in [0.15, 0.2) is 55.1 Å². The van der Waals surface area contributed by atoms with Crippen molar-refractivity contribution in [3.8, 4) is 28.1 Å². The maximum absolute atomic E-state index is 5.88. The van der Waals surface area contributed by atoms with Crippen molar-refractivity contribution in [2.75, 3.05) is 13.7 Å². The van der Waals surface area contributed by atoms with Crippen LogP contribution in [-0.4, -0.2) is 49.1 Å². The molecule has 0 radical (unpaired) electrons. The Bertz CT molecular complexity index is 1510. The topological polar surface area (TPSA) is 79.0 Å². The van der Waals surface area contributed by atoms with Crippen LogP contribution in [0.25, 0.3) is 39.2 Å². The molecule has 2 aliphatic heterocycles. The van der Waals surface area contributed by atoms with Crippen molar-refractivity contribution in [1.82, 2.24) is 29.6 Å². The van der Waals surface area contributed by atoms with Gasteiger partial charge >= 0.3 is 0 Å². The summed E-state index contributed by atoms with van der Waals surface area (Å²) in [7, 11) is 1.69. The van der Waals surface area contributed by atoms with Crippen molar-refractivity contribution in [3.05, 3.63) is 55.1 Å². The van der Waals surface area contributed by atoms with Gasteiger partial charge in [-0.3, -0.25) is 0 Å². The van der Waals surface area contributed by atoms with Crippen LogP contribution in [0, 0.1) is 0 Å². The predicted octanol–water partition coefficient (Wildman–Crippen LogP) is 6.06. The molecule has 6 rings (SSSR count). The Morgan fingerprint density at radius 3 is 2.71 bits per heavy atom. The normalized spacial score (nSPS) is 20.9. The van der Waals surface area contributed by atoms with E-state index in [9.17, 15) is 0 Å². The highest BCUT2D eigenvalue weighted by Crippen LogP contribution is 2.36. The summed E-state index contributed by atoms with van der Waals surface area (Å²) in [6, 6.07) is 8.22. The van der Waals surface area contributed by atoms with E-state index in [1.807, 2.05) is 29.2 Å². The Labute approximate surface area is 223 Å². The molecule has 1 aromatic carbocycles. The van der Waals surface area contributed by atoms with E-state index < -0.39 is 0 Å². The van der Waals surface area contributed by atoms with E-state index in [1.54, 1.807) is 7.11 Å². The van der Waals surface area contributed by atoms with Gasteiger partial charge in [0.1, 0.15) is 17.5 Å². The summed E-state index contributed by atoms with van der Waals surface area (Å²) in [6.07, 6.45) is 14.4. The molecule has 1 saturated heterocycles. The molecular weight excluding hydrogens is 476 g/mol. The fourth-order valence-electron chi connectivity index (χ4n) is 5.96. The molecule has 0 bridgehead atoms. The van der Waals surface area contributed by atoms with Gasteiger partial charge in [0.05, 0.1) is 25.2 Å². The van der Waals surface area contributed by atoms with E-state index in [2.05, 4.69) is 73.3 Å². The third-order valence-corrected chi connectivity index (χ3v) is 7.37. The minimum atomic E-state index is -0.101. The zero-order valence-corrected chi connectivity index (χ0v) is 22.9. The van der Waals surface area contributed by atoms with Crippen molar-refractivity contribution in [3.63, 3.8) is 0 Å². The quantitative estimate of drug-likeness (QED) is 0.350. The standard InChI is InChI=1S/C30H36N6O2/c1-29(2)15-22(16-30(3,4)34-29)35-12-11-24-28(35)31-18-25(33-24)23-10-9-20(14-26(23)37-5)21-17-32-36(19-21)27-8-6-7-13-38-27/h9-12,14-15,17-19,27,34H,6-8,13,16H2,1-5H3. The molecule has 1 atom stereocenters. The van der Waals surface area contributed by atoms with Gasteiger partial charge in [0.2, 0.25) is 0 Å². The maximum atomic E-state index is 5.88. The minimum Gasteiger partial charge on any atom is -0.496 e. The molecule has 4 aromatic rings. The first-order chi connectivity index (χ1) is 18.2.